The van der Waals surface area contributed by atoms with Crippen LogP contribution in [0.4, 0.5) is 0 Å². The summed E-state index contributed by atoms with van der Waals surface area (Å²) >= 11 is 1.72. The van der Waals surface area contributed by atoms with Crippen LogP contribution in [0, 0.1) is 13.8 Å². The summed E-state index contributed by atoms with van der Waals surface area (Å²) < 4.78 is 5.18. The number of hydrogen-bond acceptors (Lipinski definition) is 3. The van der Waals surface area contributed by atoms with E-state index in [-0.39, 0.29) is 5.78 Å². The average molecular weight is 336 g/mol. The molecule has 0 aliphatic rings. The van der Waals surface area contributed by atoms with Gasteiger partial charge in [0.1, 0.15) is 5.75 Å². The first-order valence-corrected chi connectivity index (χ1v) is 8.73. The number of methoxy groups -OCH3 is 1. The molecule has 2 nitrogen and oxygen atoms in total. The summed E-state index contributed by atoms with van der Waals surface area (Å²) in [6.07, 6.45) is 0.789. The molecule has 0 saturated carbocycles. The highest BCUT2D eigenvalue weighted by molar-refractivity contribution is 7.12. The average Bonchev–Trinajstić information content (AvgIpc) is 2.89. The Balaban J connectivity index is 1.98. The summed E-state index contributed by atoms with van der Waals surface area (Å²) in [6, 6.07) is 17.6. The van der Waals surface area contributed by atoms with Crippen LogP contribution in [0.15, 0.2) is 54.6 Å². The highest BCUT2D eigenvalue weighted by Crippen LogP contribution is 2.31. The second kappa shape index (κ2) is 7.02. The fourth-order valence-corrected chi connectivity index (χ4v) is 4.00. The molecule has 24 heavy (non-hydrogen) atoms. The van der Waals surface area contributed by atoms with Gasteiger partial charge in [0.05, 0.1) is 7.11 Å². The minimum atomic E-state index is 0.0884. The monoisotopic (exact) mass is 336 g/mol. The number of ether oxygens (including phenoxy) is 1. The minimum Gasteiger partial charge on any atom is -0.497 e. The van der Waals surface area contributed by atoms with E-state index in [9.17, 15) is 4.79 Å². The summed E-state index contributed by atoms with van der Waals surface area (Å²) in [4.78, 5) is 15.4. The zero-order valence-corrected chi connectivity index (χ0v) is 14.9. The van der Waals surface area contributed by atoms with E-state index in [0.717, 1.165) is 28.2 Å². The van der Waals surface area contributed by atoms with E-state index < -0.39 is 0 Å². The maximum absolute atomic E-state index is 13.1. The molecule has 0 N–H and O–H groups in total. The van der Waals surface area contributed by atoms with Gasteiger partial charge < -0.3 is 4.74 Å². The number of thiophene rings is 1. The lowest BCUT2D eigenvalue weighted by molar-refractivity contribution is 0.103. The third-order valence-corrected chi connectivity index (χ3v) is 5.45. The van der Waals surface area contributed by atoms with Gasteiger partial charge in [0.15, 0.2) is 5.78 Å². The van der Waals surface area contributed by atoms with Gasteiger partial charge in [-0.3, -0.25) is 4.79 Å². The number of aryl methyl sites for hydroxylation is 1. The number of carbonyl (C=O) groups excluding carboxylic acids is 1. The standard InChI is InChI=1S/C21H20O2S/c1-14-15(2)24-19(13-16-7-5-4-6-8-16)20(14)21(22)17-9-11-18(23-3)12-10-17/h4-12H,13H2,1-3H3. The summed E-state index contributed by atoms with van der Waals surface area (Å²) in [5.41, 5.74) is 3.87. The zero-order chi connectivity index (χ0) is 17.1. The summed E-state index contributed by atoms with van der Waals surface area (Å²) in [7, 11) is 1.63. The van der Waals surface area contributed by atoms with E-state index in [1.54, 1.807) is 18.4 Å². The van der Waals surface area contributed by atoms with Crippen molar-refractivity contribution >= 4 is 17.1 Å². The molecule has 0 unspecified atom stereocenters. The van der Waals surface area contributed by atoms with Crippen molar-refractivity contribution in [3.63, 3.8) is 0 Å². The molecular weight excluding hydrogens is 316 g/mol. The molecular formula is C21H20O2S. The van der Waals surface area contributed by atoms with Crippen molar-refractivity contribution in [1.29, 1.82) is 0 Å². The molecule has 3 heteroatoms. The van der Waals surface area contributed by atoms with Gasteiger partial charge in [-0.25, -0.2) is 0 Å². The van der Waals surface area contributed by atoms with Crippen LogP contribution in [0.3, 0.4) is 0 Å². The van der Waals surface area contributed by atoms with Gasteiger partial charge in [-0.1, -0.05) is 30.3 Å². The lowest BCUT2D eigenvalue weighted by atomic mass is 9.97. The van der Waals surface area contributed by atoms with Gasteiger partial charge in [0.2, 0.25) is 0 Å². The van der Waals surface area contributed by atoms with Crippen molar-refractivity contribution in [3.05, 3.63) is 86.6 Å². The van der Waals surface area contributed by atoms with E-state index in [0.29, 0.717) is 5.56 Å². The van der Waals surface area contributed by atoms with Crippen molar-refractivity contribution in [2.24, 2.45) is 0 Å². The molecule has 0 spiro atoms. The summed E-state index contributed by atoms with van der Waals surface area (Å²) in [6.45, 7) is 4.12. The van der Waals surface area contributed by atoms with E-state index in [4.69, 9.17) is 4.74 Å². The smallest absolute Gasteiger partial charge is 0.194 e. The van der Waals surface area contributed by atoms with E-state index in [1.165, 1.54) is 10.4 Å². The van der Waals surface area contributed by atoms with Crippen LogP contribution in [-0.4, -0.2) is 12.9 Å². The molecule has 0 saturated heterocycles. The van der Waals surface area contributed by atoms with Crippen molar-refractivity contribution in [1.82, 2.24) is 0 Å². The van der Waals surface area contributed by atoms with Crippen molar-refractivity contribution in [2.45, 2.75) is 20.3 Å². The van der Waals surface area contributed by atoms with Crippen LogP contribution in [-0.2, 0) is 6.42 Å². The fraction of sp³-hybridized carbons (Fsp3) is 0.190. The van der Waals surface area contributed by atoms with Crippen LogP contribution >= 0.6 is 11.3 Å². The Bertz CT molecular complexity index is 846. The van der Waals surface area contributed by atoms with Crippen LogP contribution in [0.5, 0.6) is 5.75 Å². The molecule has 0 aliphatic heterocycles. The largest absolute Gasteiger partial charge is 0.497 e. The maximum atomic E-state index is 13.1. The lowest BCUT2D eigenvalue weighted by Gasteiger charge is -2.07. The van der Waals surface area contributed by atoms with Gasteiger partial charge in [-0.05, 0) is 49.2 Å². The van der Waals surface area contributed by atoms with Gasteiger partial charge in [-0.15, -0.1) is 11.3 Å². The van der Waals surface area contributed by atoms with E-state index in [2.05, 4.69) is 19.1 Å². The third kappa shape index (κ3) is 3.26. The predicted molar refractivity (Wildman–Crippen MR) is 99.5 cm³/mol. The predicted octanol–water partition coefficient (Wildman–Crippen LogP) is 5.20. The minimum absolute atomic E-state index is 0.0884. The summed E-state index contributed by atoms with van der Waals surface area (Å²) in [5, 5.41) is 0. The molecule has 3 aromatic rings. The zero-order valence-electron chi connectivity index (χ0n) is 14.1. The first-order valence-electron chi connectivity index (χ1n) is 7.91. The Kier molecular flexibility index (Phi) is 4.81. The maximum Gasteiger partial charge on any atom is 0.194 e. The molecule has 0 amide bonds. The van der Waals surface area contributed by atoms with Gasteiger partial charge >= 0.3 is 0 Å². The number of ketones is 1. The quantitative estimate of drug-likeness (QED) is 0.599. The van der Waals surface area contributed by atoms with Crippen molar-refractivity contribution in [2.75, 3.05) is 7.11 Å². The second-order valence-electron chi connectivity index (χ2n) is 5.80. The van der Waals surface area contributed by atoms with Crippen LogP contribution in [0.1, 0.15) is 36.8 Å². The van der Waals surface area contributed by atoms with Crippen molar-refractivity contribution < 1.29 is 9.53 Å². The number of benzene rings is 2. The Hall–Kier alpha value is -2.39. The lowest BCUT2D eigenvalue weighted by Crippen LogP contribution is -2.05. The molecule has 1 aromatic heterocycles. The first-order chi connectivity index (χ1) is 11.6. The topological polar surface area (TPSA) is 26.3 Å². The van der Waals surface area contributed by atoms with Crippen LogP contribution in [0.25, 0.3) is 0 Å². The third-order valence-electron chi connectivity index (χ3n) is 4.25. The van der Waals surface area contributed by atoms with Crippen LogP contribution < -0.4 is 4.74 Å². The number of carbonyl (C=O) groups is 1. The molecule has 0 fully saturated rings. The van der Waals surface area contributed by atoms with Gasteiger partial charge in [0.25, 0.3) is 0 Å². The molecule has 0 radical (unpaired) electrons. The second-order valence-corrected chi connectivity index (χ2v) is 7.11. The first kappa shape index (κ1) is 16.5. The SMILES string of the molecule is COc1ccc(C(=O)c2c(Cc3ccccc3)sc(C)c2C)cc1. The molecule has 2 aromatic carbocycles. The molecule has 0 aliphatic carbocycles. The normalized spacial score (nSPS) is 10.6. The van der Waals surface area contributed by atoms with Gasteiger partial charge in [0, 0.05) is 27.3 Å². The molecule has 0 atom stereocenters. The Labute approximate surface area is 146 Å². The van der Waals surface area contributed by atoms with Gasteiger partial charge in [-0.2, -0.15) is 0 Å². The molecule has 122 valence electrons. The Morgan fingerprint density at radius 3 is 2.29 bits per heavy atom. The number of hydrogen-bond donors (Lipinski definition) is 0. The van der Waals surface area contributed by atoms with Crippen LogP contribution in [0.2, 0.25) is 0 Å². The molecule has 0 bridgehead atoms. The van der Waals surface area contributed by atoms with E-state index in [1.807, 2.05) is 49.4 Å². The fourth-order valence-electron chi connectivity index (χ4n) is 2.79. The van der Waals surface area contributed by atoms with E-state index >= 15 is 0 Å². The Morgan fingerprint density at radius 1 is 1.00 bits per heavy atom. The van der Waals surface area contributed by atoms with Crippen molar-refractivity contribution in [3.8, 4) is 5.75 Å². The molecule has 3 rings (SSSR count). The highest BCUT2D eigenvalue weighted by atomic mass is 32.1. The highest BCUT2D eigenvalue weighted by Gasteiger charge is 2.20. The summed E-state index contributed by atoms with van der Waals surface area (Å²) in [5.74, 6) is 0.847. The number of rotatable bonds is 5. The Morgan fingerprint density at radius 2 is 1.67 bits per heavy atom. The molecule has 1 heterocycles.